The Morgan fingerprint density at radius 3 is 2.91 bits per heavy atom. The largest absolute Gasteiger partial charge is 0.343 e. The van der Waals surface area contributed by atoms with Crippen LogP contribution in [0.5, 0.6) is 0 Å². The third-order valence-electron chi connectivity index (χ3n) is 5.15. The molecule has 0 saturated carbocycles. The maximum Gasteiger partial charge on any atom is 0.239 e. The molecule has 2 unspecified atom stereocenters. The fraction of sp³-hybridized carbons (Fsp3) is 0.611. The first kappa shape index (κ1) is 15.5. The Morgan fingerprint density at radius 2 is 2.14 bits per heavy atom. The lowest BCUT2D eigenvalue weighted by Crippen LogP contribution is -2.51. The summed E-state index contributed by atoms with van der Waals surface area (Å²) in [6, 6.07) is 8.88. The third kappa shape index (κ3) is 3.18. The highest BCUT2D eigenvalue weighted by molar-refractivity contribution is 5.82. The zero-order valence-electron chi connectivity index (χ0n) is 13.7. The molecular formula is C18H27N3O. The smallest absolute Gasteiger partial charge is 0.239 e. The predicted molar refractivity (Wildman–Crippen MR) is 88.7 cm³/mol. The molecule has 22 heavy (non-hydrogen) atoms. The number of hydrogen-bond acceptors (Lipinski definition) is 3. The van der Waals surface area contributed by atoms with Crippen LogP contribution >= 0.6 is 0 Å². The van der Waals surface area contributed by atoms with E-state index in [1.54, 1.807) is 0 Å². The first-order chi connectivity index (χ1) is 10.7. The predicted octanol–water partition coefficient (Wildman–Crippen LogP) is 1.64. The summed E-state index contributed by atoms with van der Waals surface area (Å²) in [6.07, 6.45) is 3.28. The van der Waals surface area contributed by atoms with Gasteiger partial charge in [0.2, 0.25) is 5.91 Å². The summed E-state index contributed by atoms with van der Waals surface area (Å²) in [7, 11) is 1.96. The van der Waals surface area contributed by atoms with E-state index in [1.165, 1.54) is 30.5 Å². The van der Waals surface area contributed by atoms with Gasteiger partial charge in [-0.05, 0) is 43.5 Å². The summed E-state index contributed by atoms with van der Waals surface area (Å²) >= 11 is 0. The molecule has 1 amide bonds. The fourth-order valence-electron chi connectivity index (χ4n) is 3.82. The van der Waals surface area contributed by atoms with Gasteiger partial charge in [-0.3, -0.25) is 9.69 Å². The highest BCUT2D eigenvalue weighted by Crippen LogP contribution is 2.20. The minimum absolute atomic E-state index is 0.0728. The van der Waals surface area contributed by atoms with Crippen LogP contribution in [0.1, 0.15) is 30.9 Å². The zero-order chi connectivity index (χ0) is 15.5. The Kier molecular flexibility index (Phi) is 4.79. The number of fused-ring (bicyclic) bond motifs is 1. The molecule has 2 atom stereocenters. The minimum Gasteiger partial charge on any atom is -0.343 e. The van der Waals surface area contributed by atoms with Gasteiger partial charge in [-0.15, -0.1) is 0 Å². The molecule has 120 valence electrons. The van der Waals surface area contributed by atoms with Crippen LogP contribution in [0.3, 0.4) is 0 Å². The second kappa shape index (κ2) is 6.80. The van der Waals surface area contributed by atoms with Gasteiger partial charge in [-0.25, -0.2) is 0 Å². The van der Waals surface area contributed by atoms with Gasteiger partial charge in [0, 0.05) is 26.2 Å². The van der Waals surface area contributed by atoms with Crippen LogP contribution < -0.4 is 5.32 Å². The molecule has 0 spiro atoms. The summed E-state index contributed by atoms with van der Waals surface area (Å²) in [6.45, 7) is 6.12. The molecule has 4 heteroatoms. The van der Waals surface area contributed by atoms with Crippen LogP contribution in [0.15, 0.2) is 24.3 Å². The number of hydrogen-bond donors (Lipinski definition) is 1. The van der Waals surface area contributed by atoms with Crippen molar-refractivity contribution in [2.45, 2.75) is 44.8 Å². The van der Waals surface area contributed by atoms with Crippen molar-refractivity contribution in [2.24, 2.45) is 0 Å². The van der Waals surface area contributed by atoms with E-state index in [-0.39, 0.29) is 11.9 Å². The Labute approximate surface area is 133 Å². The second-order valence-corrected chi connectivity index (χ2v) is 6.55. The molecule has 1 aromatic rings. The minimum atomic E-state index is -0.0728. The zero-order valence-corrected chi connectivity index (χ0v) is 13.7. The van der Waals surface area contributed by atoms with E-state index in [0.717, 1.165) is 26.1 Å². The van der Waals surface area contributed by atoms with E-state index in [1.807, 2.05) is 11.9 Å². The number of amides is 1. The van der Waals surface area contributed by atoms with Gasteiger partial charge in [0.15, 0.2) is 0 Å². The molecule has 2 heterocycles. The lowest BCUT2D eigenvalue weighted by atomic mass is 9.95. The highest BCUT2D eigenvalue weighted by atomic mass is 16.2. The van der Waals surface area contributed by atoms with Gasteiger partial charge in [0.05, 0.1) is 6.04 Å². The Balaban J connectivity index is 1.60. The number of nitrogens with one attached hydrogen (secondary N) is 1. The molecule has 1 fully saturated rings. The highest BCUT2D eigenvalue weighted by Gasteiger charge is 2.30. The topological polar surface area (TPSA) is 35.6 Å². The summed E-state index contributed by atoms with van der Waals surface area (Å²) in [4.78, 5) is 17.2. The van der Waals surface area contributed by atoms with Gasteiger partial charge in [0.25, 0.3) is 0 Å². The number of benzene rings is 1. The van der Waals surface area contributed by atoms with E-state index in [9.17, 15) is 4.79 Å². The van der Waals surface area contributed by atoms with Crippen LogP contribution in [0, 0.1) is 0 Å². The summed E-state index contributed by atoms with van der Waals surface area (Å²) in [5.74, 6) is 0.234. The van der Waals surface area contributed by atoms with Crippen LogP contribution in [0.4, 0.5) is 0 Å². The average Bonchev–Trinajstić information content (AvgIpc) is 3.00. The Bertz CT molecular complexity index is 531. The van der Waals surface area contributed by atoms with Crippen molar-refractivity contribution in [2.75, 3.05) is 26.7 Å². The molecule has 2 aliphatic rings. The second-order valence-electron chi connectivity index (χ2n) is 6.55. The first-order valence-electron chi connectivity index (χ1n) is 8.48. The molecule has 1 saturated heterocycles. The van der Waals surface area contributed by atoms with E-state index < -0.39 is 0 Å². The molecule has 0 radical (unpaired) electrons. The number of likely N-dealkylation sites (tertiary alicyclic amines) is 1. The average molecular weight is 301 g/mol. The van der Waals surface area contributed by atoms with Crippen LogP contribution in [-0.4, -0.2) is 54.5 Å². The van der Waals surface area contributed by atoms with Crippen molar-refractivity contribution in [1.82, 2.24) is 15.1 Å². The van der Waals surface area contributed by atoms with Gasteiger partial charge in [-0.1, -0.05) is 31.2 Å². The van der Waals surface area contributed by atoms with E-state index in [2.05, 4.69) is 41.4 Å². The SMILES string of the molecule is CCN1CCCC1CN(C)C(=O)C1Cc2ccccc2CN1. The molecule has 4 nitrogen and oxygen atoms in total. The summed E-state index contributed by atoms with van der Waals surface area (Å²) < 4.78 is 0. The number of likely N-dealkylation sites (N-methyl/N-ethyl adjacent to an activating group) is 2. The van der Waals surface area contributed by atoms with Crippen molar-refractivity contribution in [3.8, 4) is 0 Å². The first-order valence-corrected chi connectivity index (χ1v) is 8.48. The third-order valence-corrected chi connectivity index (χ3v) is 5.15. The molecule has 0 bridgehead atoms. The number of nitrogens with zero attached hydrogens (tertiary/aromatic N) is 2. The summed E-state index contributed by atoms with van der Waals surface area (Å²) in [5, 5.41) is 3.40. The summed E-state index contributed by atoms with van der Waals surface area (Å²) in [5.41, 5.74) is 2.63. The van der Waals surface area contributed by atoms with Crippen LogP contribution in [0.2, 0.25) is 0 Å². The van der Waals surface area contributed by atoms with E-state index in [4.69, 9.17) is 0 Å². The number of carbonyl (C=O) groups is 1. The normalized spacial score (nSPS) is 25.0. The van der Waals surface area contributed by atoms with Crippen molar-refractivity contribution >= 4 is 5.91 Å². The maximum absolute atomic E-state index is 12.7. The van der Waals surface area contributed by atoms with Crippen molar-refractivity contribution in [1.29, 1.82) is 0 Å². The van der Waals surface area contributed by atoms with Crippen molar-refractivity contribution in [3.63, 3.8) is 0 Å². The molecule has 2 aliphatic heterocycles. The Hall–Kier alpha value is -1.39. The lowest BCUT2D eigenvalue weighted by Gasteiger charge is -2.32. The number of rotatable bonds is 4. The van der Waals surface area contributed by atoms with Crippen LogP contribution in [-0.2, 0) is 17.8 Å². The van der Waals surface area contributed by atoms with Gasteiger partial charge in [0.1, 0.15) is 0 Å². The standard InChI is InChI=1S/C18H27N3O/c1-3-21-10-6-9-16(21)13-20(2)18(22)17-11-14-7-4-5-8-15(14)12-19-17/h4-5,7-8,16-17,19H,3,6,9-13H2,1-2H3. The van der Waals surface area contributed by atoms with E-state index >= 15 is 0 Å². The molecule has 0 aromatic heterocycles. The fourth-order valence-corrected chi connectivity index (χ4v) is 3.82. The Morgan fingerprint density at radius 1 is 1.36 bits per heavy atom. The van der Waals surface area contributed by atoms with Crippen molar-refractivity contribution in [3.05, 3.63) is 35.4 Å². The van der Waals surface area contributed by atoms with Gasteiger partial charge < -0.3 is 10.2 Å². The van der Waals surface area contributed by atoms with Gasteiger partial charge in [-0.2, -0.15) is 0 Å². The number of carbonyl (C=O) groups excluding carboxylic acids is 1. The quantitative estimate of drug-likeness (QED) is 0.918. The maximum atomic E-state index is 12.7. The van der Waals surface area contributed by atoms with E-state index in [0.29, 0.717) is 6.04 Å². The molecule has 1 N–H and O–H groups in total. The molecule has 1 aromatic carbocycles. The molecule has 0 aliphatic carbocycles. The monoisotopic (exact) mass is 301 g/mol. The molecule has 3 rings (SSSR count). The molecular weight excluding hydrogens is 274 g/mol. The lowest BCUT2D eigenvalue weighted by molar-refractivity contribution is -0.133. The van der Waals surface area contributed by atoms with Crippen molar-refractivity contribution < 1.29 is 4.79 Å². The van der Waals surface area contributed by atoms with Gasteiger partial charge >= 0.3 is 0 Å². The van der Waals surface area contributed by atoms with Crippen LogP contribution in [0.25, 0.3) is 0 Å².